The van der Waals surface area contributed by atoms with Gasteiger partial charge in [-0.25, -0.2) is 0 Å². The summed E-state index contributed by atoms with van der Waals surface area (Å²) in [5, 5.41) is 18.1. The van der Waals surface area contributed by atoms with Crippen molar-refractivity contribution in [2.45, 2.75) is 6.10 Å². The van der Waals surface area contributed by atoms with Crippen LogP contribution in [0.25, 0.3) is 0 Å². The summed E-state index contributed by atoms with van der Waals surface area (Å²) < 4.78 is 0. The number of hydrogen-bond donors (Lipinski definition) is 1. The predicted molar refractivity (Wildman–Crippen MR) is 49.4 cm³/mol. The number of aliphatic hydroxyl groups is 1. The Kier molecular flexibility index (Phi) is 1.95. The van der Waals surface area contributed by atoms with E-state index in [1.54, 1.807) is 24.3 Å². The van der Waals surface area contributed by atoms with Gasteiger partial charge in [-0.1, -0.05) is 18.2 Å². The van der Waals surface area contributed by atoms with Crippen LogP contribution in [-0.4, -0.2) is 17.6 Å². The molecule has 0 saturated heterocycles. The SMILES string of the molecule is N#CCN1C(=O)C(O)c2ccccc21. The number of nitriles is 1. The fraction of sp³-hybridized carbons (Fsp3) is 0.200. The summed E-state index contributed by atoms with van der Waals surface area (Å²) in [5.41, 5.74) is 1.21. The van der Waals surface area contributed by atoms with Crippen molar-refractivity contribution >= 4 is 11.6 Å². The second kappa shape index (κ2) is 3.13. The van der Waals surface area contributed by atoms with Gasteiger partial charge in [-0.15, -0.1) is 0 Å². The Balaban J connectivity index is 2.49. The summed E-state index contributed by atoms with van der Waals surface area (Å²) in [6, 6.07) is 8.84. The number of benzene rings is 1. The molecule has 0 aromatic heterocycles. The largest absolute Gasteiger partial charge is 0.378 e. The van der Waals surface area contributed by atoms with Gasteiger partial charge in [0.1, 0.15) is 6.54 Å². The second-order valence-electron chi connectivity index (χ2n) is 3.04. The van der Waals surface area contributed by atoms with Crippen LogP contribution in [-0.2, 0) is 4.79 Å². The smallest absolute Gasteiger partial charge is 0.261 e. The van der Waals surface area contributed by atoms with Gasteiger partial charge in [-0.3, -0.25) is 9.69 Å². The number of aliphatic hydroxyl groups excluding tert-OH is 1. The summed E-state index contributed by atoms with van der Waals surface area (Å²) in [4.78, 5) is 12.8. The van der Waals surface area contributed by atoms with Gasteiger partial charge in [-0.2, -0.15) is 5.26 Å². The zero-order valence-corrected chi connectivity index (χ0v) is 7.34. The first-order valence-corrected chi connectivity index (χ1v) is 4.21. The quantitative estimate of drug-likeness (QED) is 0.656. The molecular weight excluding hydrogens is 180 g/mol. The highest BCUT2D eigenvalue weighted by Crippen LogP contribution is 2.34. The van der Waals surface area contributed by atoms with Gasteiger partial charge in [-0.05, 0) is 6.07 Å². The van der Waals surface area contributed by atoms with Crippen LogP contribution in [0.5, 0.6) is 0 Å². The first-order valence-electron chi connectivity index (χ1n) is 4.21. The molecule has 1 aromatic rings. The van der Waals surface area contributed by atoms with E-state index in [-0.39, 0.29) is 6.54 Å². The molecule has 1 aliphatic heterocycles. The fourth-order valence-electron chi connectivity index (χ4n) is 1.60. The lowest BCUT2D eigenvalue weighted by Gasteiger charge is -2.11. The van der Waals surface area contributed by atoms with Crippen molar-refractivity contribution in [1.82, 2.24) is 0 Å². The van der Waals surface area contributed by atoms with Gasteiger partial charge in [0.15, 0.2) is 6.10 Å². The Hall–Kier alpha value is -1.86. The zero-order valence-electron chi connectivity index (χ0n) is 7.34. The maximum Gasteiger partial charge on any atom is 0.261 e. The van der Waals surface area contributed by atoms with E-state index in [4.69, 9.17) is 5.26 Å². The number of hydrogen-bond acceptors (Lipinski definition) is 3. The third-order valence-electron chi connectivity index (χ3n) is 2.25. The van der Waals surface area contributed by atoms with E-state index in [2.05, 4.69) is 0 Å². The molecule has 1 aromatic carbocycles. The van der Waals surface area contributed by atoms with E-state index in [0.717, 1.165) is 0 Å². The first kappa shape index (κ1) is 8.73. The van der Waals surface area contributed by atoms with E-state index in [1.807, 2.05) is 6.07 Å². The highest BCUT2D eigenvalue weighted by molar-refractivity contribution is 6.04. The van der Waals surface area contributed by atoms with Crippen LogP contribution in [0.3, 0.4) is 0 Å². The van der Waals surface area contributed by atoms with Crippen LogP contribution in [0.15, 0.2) is 24.3 Å². The molecule has 0 fully saturated rings. The van der Waals surface area contributed by atoms with Crippen LogP contribution in [0.2, 0.25) is 0 Å². The van der Waals surface area contributed by atoms with Crippen LogP contribution < -0.4 is 4.90 Å². The van der Waals surface area contributed by atoms with E-state index in [0.29, 0.717) is 11.3 Å². The number of anilines is 1. The number of rotatable bonds is 1. The molecule has 4 heteroatoms. The van der Waals surface area contributed by atoms with Gasteiger partial charge in [0.05, 0.1) is 11.8 Å². The highest BCUT2D eigenvalue weighted by Gasteiger charge is 2.35. The predicted octanol–water partition coefficient (Wildman–Crippen LogP) is 0.590. The lowest BCUT2D eigenvalue weighted by molar-refractivity contribution is -0.125. The summed E-state index contributed by atoms with van der Waals surface area (Å²) in [6.45, 7) is -0.0209. The number of fused-ring (bicyclic) bond motifs is 1. The fourth-order valence-corrected chi connectivity index (χ4v) is 1.60. The number of amides is 1. The number of nitrogens with zero attached hydrogens (tertiary/aromatic N) is 2. The molecule has 1 amide bonds. The number of carbonyl (C=O) groups excluding carboxylic acids is 1. The minimum atomic E-state index is -1.11. The Morgan fingerprint density at radius 2 is 2.21 bits per heavy atom. The van der Waals surface area contributed by atoms with E-state index >= 15 is 0 Å². The van der Waals surface area contributed by atoms with Crippen molar-refractivity contribution in [1.29, 1.82) is 5.26 Å². The van der Waals surface area contributed by atoms with E-state index in [9.17, 15) is 9.90 Å². The molecule has 0 aliphatic carbocycles. The third kappa shape index (κ3) is 1.07. The first-order chi connectivity index (χ1) is 6.75. The molecule has 0 saturated carbocycles. The Morgan fingerprint density at radius 1 is 1.50 bits per heavy atom. The molecule has 2 rings (SSSR count). The Bertz CT molecular complexity index is 422. The highest BCUT2D eigenvalue weighted by atomic mass is 16.3. The summed E-state index contributed by atoms with van der Waals surface area (Å²) in [5.74, 6) is -0.423. The Labute approximate surface area is 81.0 Å². The molecule has 0 radical (unpaired) electrons. The number of para-hydroxylation sites is 1. The second-order valence-corrected chi connectivity index (χ2v) is 3.04. The number of carbonyl (C=O) groups is 1. The topological polar surface area (TPSA) is 64.3 Å². The summed E-state index contributed by atoms with van der Waals surface area (Å²) in [6.07, 6.45) is -1.11. The molecule has 1 N–H and O–H groups in total. The van der Waals surface area contributed by atoms with Crippen LogP contribution in [0.1, 0.15) is 11.7 Å². The summed E-state index contributed by atoms with van der Waals surface area (Å²) >= 11 is 0. The molecular formula is C10H8N2O2. The third-order valence-corrected chi connectivity index (χ3v) is 2.25. The standard InChI is InChI=1S/C10H8N2O2/c11-5-6-12-8-4-2-1-3-7(8)9(13)10(12)14/h1-4,9,13H,6H2. The van der Waals surface area contributed by atoms with Crippen LogP contribution in [0, 0.1) is 11.3 Å². The van der Waals surface area contributed by atoms with Gasteiger partial charge in [0.25, 0.3) is 5.91 Å². The van der Waals surface area contributed by atoms with Crippen molar-refractivity contribution in [2.24, 2.45) is 0 Å². The molecule has 1 atom stereocenters. The lowest BCUT2D eigenvalue weighted by Crippen LogP contribution is -2.28. The molecule has 0 spiro atoms. The van der Waals surface area contributed by atoms with Crippen molar-refractivity contribution < 1.29 is 9.90 Å². The van der Waals surface area contributed by atoms with Crippen LogP contribution >= 0.6 is 0 Å². The van der Waals surface area contributed by atoms with Crippen molar-refractivity contribution in [3.8, 4) is 6.07 Å². The van der Waals surface area contributed by atoms with Crippen molar-refractivity contribution in [3.05, 3.63) is 29.8 Å². The Morgan fingerprint density at radius 3 is 2.93 bits per heavy atom. The van der Waals surface area contributed by atoms with Crippen molar-refractivity contribution in [2.75, 3.05) is 11.4 Å². The maximum absolute atomic E-state index is 11.5. The molecule has 1 aliphatic rings. The van der Waals surface area contributed by atoms with E-state index < -0.39 is 12.0 Å². The molecule has 1 unspecified atom stereocenters. The maximum atomic E-state index is 11.5. The zero-order chi connectivity index (χ0) is 10.1. The van der Waals surface area contributed by atoms with E-state index in [1.165, 1.54) is 4.90 Å². The van der Waals surface area contributed by atoms with Gasteiger partial charge in [0, 0.05) is 5.56 Å². The van der Waals surface area contributed by atoms with Crippen LogP contribution in [0.4, 0.5) is 5.69 Å². The molecule has 14 heavy (non-hydrogen) atoms. The summed E-state index contributed by atoms with van der Waals surface area (Å²) in [7, 11) is 0. The molecule has 0 bridgehead atoms. The molecule has 4 nitrogen and oxygen atoms in total. The van der Waals surface area contributed by atoms with Gasteiger partial charge < -0.3 is 5.11 Å². The molecule has 70 valence electrons. The average molecular weight is 188 g/mol. The average Bonchev–Trinajstić information content (AvgIpc) is 2.45. The normalized spacial score (nSPS) is 19.3. The lowest BCUT2D eigenvalue weighted by atomic mass is 10.1. The minimum Gasteiger partial charge on any atom is -0.378 e. The van der Waals surface area contributed by atoms with Gasteiger partial charge in [0.2, 0.25) is 0 Å². The molecule has 1 heterocycles. The minimum absolute atomic E-state index is 0.0209. The van der Waals surface area contributed by atoms with Crippen molar-refractivity contribution in [3.63, 3.8) is 0 Å². The van der Waals surface area contributed by atoms with Gasteiger partial charge >= 0.3 is 0 Å². The monoisotopic (exact) mass is 188 g/mol.